The van der Waals surface area contributed by atoms with Crippen molar-refractivity contribution in [1.29, 1.82) is 0 Å². The number of nitrogens with zero attached hydrogens (tertiary/aromatic N) is 1. The Morgan fingerprint density at radius 2 is 1.47 bits per heavy atom. The molecule has 12 heteroatoms. The monoisotopic (exact) mass is 313 g/mol. The van der Waals surface area contributed by atoms with Gasteiger partial charge in [-0.1, -0.05) is 14.5 Å². The van der Waals surface area contributed by atoms with Gasteiger partial charge in [0.25, 0.3) is 0 Å². The van der Waals surface area contributed by atoms with Crippen molar-refractivity contribution in [3.63, 3.8) is 0 Å². The summed E-state index contributed by atoms with van der Waals surface area (Å²) >= 11 is 0. The summed E-state index contributed by atoms with van der Waals surface area (Å²) in [5.41, 5.74) is 0. The number of hydrogen-bond acceptors (Lipinski definition) is 6. The number of hydrogen-bond donors (Lipinski definition) is 1. The van der Waals surface area contributed by atoms with E-state index in [1.165, 1.54) is 0 Å². The first-order chi connectivity index (χ1) is 6.14. The Morgan fingerprint density at radius 1 is 1.06 bits per heavy atom. The Bertz CT molecular complexity index is 244. The summed E-state index contributed by atoms with van der Waals surface area (Å²) in [5, 5.41) is 0. The molecular formula is C5H12NNa3O6P2. The van der Waals surface area contributed by atoms with Gasteiger partial charge in [-0.3, -0.25) is 4.90 Å². The Hall–Kier alpha value is 3.26. The molecule has 0 fully saturated rings. The summed E-state index contributed by atoms with van der Waals surface area (Å²) in [7, 11) is -9.34. The zero-order valence-corrected chi connectivity index (χ0v) is 18.4. The summed E-state index contributed by atoms with van der Waals surface area (Å²) in [5.74, 6) is 0. The molecule has 0 aromatic rings. The summed E-state index contributed by atoms with van der Waals surface area (Å²) in [6.45, 7) is 1.82. The second-order valence-electron chi connectivity index (χ2n) is 2.93. The van der Waals surface area contributed by atoms with Crippen molar-refractivity contribution < 1.29 is 117 Å². The molecular weight excluding hydrogens is 301 g/mol. The molecule has 0 radical (unpaired) electrons. The topological polar surface area (TPSA) is 127 Å². The van der Waals surface area contributed by atoms with Crippen molar-refractivity contribution in [2.75, 3.05) is 19.1 Å². The molecule has 1 atom stereocenters. The van der Waals surface area contributed by atoms with E-state index in [9.17, 15) is 23.8 Å². The van der Waals surface area contributed by atoms with Crippen LogP contribution in [0.3, 0.4) is 0 Å². The quantitative estimate of drug-likeness (QED) is 0.381. The first kappa shape index (κ1) is 28.4. The molecule has 0 bridgehead atoms. The van der Waals surface area contributed by atoms with Crippen LogP contribution in [0.4, 0.5) is 0 Å². The van der Waals surface area contributed by atoms with Gasteiger partial charge in [-0.25, -0.2) is 0 Å². The summed E-state index contributed by atoms with van der Waals surface area (Å²) < 4.78 is 20.8. The van der Waals surface area contributed by atoms with E-state index in [-0.39, 0.29) is 95.2 Å². The predicted molar refractivity (Wildman–Crippen MR) is 44.2 cm³/mol. The SMILES string of the molecule is CCCN(CP(=O)([O-])[O-])CP(=O)([O-])O.[Na+].[Na+].[Na+]. The fourth-order valence-electron chi connectivity index (χ4n) is 1.00. The van der Waals surface area contributed by atoms with Gasteiger partial charge in [-0.05, 0) is 13.0 Å². The van der Waals surface area contributed by atoms with E-state index in [2.05, 4.69) is 0 Å². The van der Waals surface area contributed by atoms with Gasteiger partial charge in [-0.2, -0.15) is 0 Å². The van der Waals surface area contributed by atoms with Crippen molar-refractivity contribution in [1.82, 2.24) is 4.90 Å². The van der Waals surface area contributed by atoms with Crippen LogP contribution >= 0.6 is 15.2 Å². The van der Waals surface area contributed by atoms with E-state index in [1.807, 2.05) is 0 Å². The van der Waals surface area contributed by atoms with Crippen LogP contribution in [0.1, 0.15) is 13.3 Å². The van der Waals surface area contributed by atoms with Crippen LogP contribution in [0.5, 0.6) is 0 Å². The molecule has 0 aromatic carbocycles. The van der Waals surface area contributed by atoms with Crippen LogP contribution in [0.25, 0.3) is 0 Å². The van der Waals surface area contributed by atoms with Gasteiger partial charge in [0.1, 0.15) is 7.60 Å². The van der Waals surface area contributed by atoms with Crippen LogP contribution in [-0.4, -0.2) is 28.9 Å². The summed E-state index contributed by atoms with van der Waals surface area (Å²) in [4.78, 5) is 40.5. The molecule has 1 N–H and O–H groups in total. The minimum absolute atomic E-state index is 0. The molecule has 0 spiro atoms. The molecule has 17 heavy (non-hydrogen) atoms. The van der Waals surface area contributed by atoms with Gasteiger partial charge < -0.3 is 28.7 Å². The van der Waals surface area contributed by atoms with Crippen molar-refractivity contribution in [2.45, 2.75) is 13.3 Å². The van der Waals surface area contributed by atoms with E-state index >= 15 is 0 Å². The first-order valence-corrected chi connectivity index (χ1v) is 7.39. The second-order valence-corrected chi connectivity index (χ2v) is 5.99. The molecule has 0 heterocycles. The molecule has 1 unspecified atom stereocenters. The third kappa shape index (κ3) is 21.7. The molecule has 0 rings (SSSR count). The average Bonchev–Trinajstić information content (AvgIpc) is 1.78. The molecule has 0 amide bonds. The maximum atomic E-state index is 10.5. The van der Waals surface area contributed by atoms with Gasteiger partial charge in [0.15, 0.2) is 0 Å². The van der Waals surface area contributed by atoms with Crippen LogP contribution in [0.2, 0.25) is 0 Å². The van der Waals surface area contributed by atoms with Crippen LogP contribution in [0, 0.1) is 0 Å². The van der Waals surface area contributed by atoms with Crippen LogP contribution in [0.15, 0.2) is 0 Å². The second kappa shape index (κ2) is 13.0. The Labute approximate surface area is 167 Å². The smallest absolute Gasteiger partial charge is 0.810 e. The first-order valence-electron chi connectivity index (χ1n) is 3.90. The predicted octanol–water partition coefficient (Wildman–Crippen LogP) is -10.9. The third-order valence-electron chi connectivity index (χ3n) is 1.29. The fraction of sp³-hybridized carbons (Fsp3) is 1.00. The summed E-state index contributed by atoms with van der Waals surface area (Å²) in [6, 6.07) is 0. The molecule has 86 valence electrons. The van der Waals surface area contributed by atoms with Gasteiger partial charge in [-0.15, -0.1) is 0 Å². The average molecular weight is 313 g/mol. The van der Waals surface area contributed by atoms with Gasteiger partial charge >= 0.3 is 88.7 Å². The van der Waals surface area contributed by atoms with Crippen LogP contribution in [-0.2, 0) is 9.13 Å². The Kier molecular flexibility index (Phi) is 21.7. The fourth-order valence-corrected chi connectivity index (χ4v) is 2.64. The molecule has 0 aliphatic heterocycles. The molecule has 0 aliphatic rings. The minimum atomic E-state index is -4.78. The van der Waals surface area contributed by atoms with Crippen molar-refractivity contribution in [3.05, 3.63) is 0 Å². The van der Waals surface area contributed by atoms with Gasteiger partial charge in [0, 0.05) is 6.29 Å². The van der Waals surface area contributed by atoms with Crippen molar-refractivity contribution in [3.8, 4) is 0 Å². The maximum Gasteiger partial charge on any atom is 1.00 e. The summed E-state index contributed by atoms with van der Waals surface area (Å²) in [6.07, 6.45) is -1.21. The largest absolute Gasteiger partial charge is 1.00 e. The normalized spacial score (nSPS) is 14.0. The van der Waals surface area contributed by atoms with E-state index in [1.54, 1.807) is 6.92 Å². The van der Waals surface area contributed by atoms with Gasteiger partial charge in [0.2, 0.25) is 0 Å². The number of rotatable bonds is 6. The zero-order valence-electron chi connectivity index (χ0n) is 10.7. The minimum Gasteiger partial charge on any atom is -0.810 e. The van der Waals surface area contributed by atoms with E-state index in [0.717, 1.165) is 4.90 Å². The Morgan fingerprint density at radius 3 is 1.71 bits per heavy atom. The van der Waals surface area contributed by atoms with Crippen molar-refractivity contribution in [2.24, 2.45) is 0 Å². The van der Waals surface area contributed by atoms with E-state index in [0.29, 0.717) is 6.42 Å². The van der Waals surface area contributed by atoms with E-state index in [4.69, 9.17) is 4.89 Å². The standard InChI is InChI=1S/C5H15NO6P2.3Na/c1-2-3-6(4-13(7,8)9)5-14(10,11)12;;;/h2-5H2,1H3,(H2,7,8,9)(H2,10,11,12);;;/q;3*+1/p-3. The molecule has 7 nitrogen and oxygen atoms in total. The molecule has 0 saturated heterocycles. The van der Waals surface area contributed by atoms with E-state index < -0.39 is 27.8 Å². The molecule has 0 saturated carbocycles. The third-order valence-corrected chi connectivity index (χ3v) is 2.80. The van der Waals surface area contributed by atoms with Crippen molar-refractivity contribution >= 4 is 15.2 Å². The van der Waals surface area contributed by atoms with Crippen LogP contribution < -0.4 is 103 Å². The zero-order chi connectivity index (χ0) is 11.4. The maximum absolute atomic E-state index is 10.5. The Balaban J connectivity index is -0.000000282. The molecule has 0 aliphatic carbocycles. The van der Waals surface area contributed by atoms with Gasteiger partial charge in [0.05, 0.1) is 6.29 Å². The molecule has 0 aromatic heterocycles.